The summed E-state index contributed by atoms with van der Waals surface area (Å²) in [6.45, 7) is 0. The summed E-state index contributed by atoms with van der Waals surface area (Å²) in [5.74, 6) is 0.713. The Kier molecular flexibility index (Phi) is 2.10. The normalized spacial score (nSPS) is 15.2. The van der Waals surface area contributed by atoms with Crippen LogP contribution >= 0.6 is 11.3 Å². The molecule has 2 heterocycles. The van der Waals surface area contributed by atoms with Gasteiger partial charge in [0, 0.05) is 23.8 Å². The van der Waals surface area contributed by atoms with Gasteiger partial charge in [0.15, 0.2) is 0 Å². The molecule has 0 saturated heterocycles. The van der Waals surface area contributed by atoms with Crippen LogP contribution < -0.4 is 5.32 Å². The Balaban J connectivity index is 1.88. The molecule has 1 N–H and O–H groups in total. The first kappa shape index (κ1) is 8.79. The van der Waals surface area contributed by atoms with E-state index in [9.17, 15) is 0 Å². The maximum absolute atomic E-state index is 4.42. The molecule has 0 atom stereocenters. The van der Waals surface area contributed by atoms with E-state index in [1.807, 2.05) is 11.4 Å². The van der Waals surface area contributed by atoms with Crippen LogP contribution in [0.2, 0.25) is 0 Å². The second-order valence-corrected chi connectivity index (χ2v) is 4.42. The van der Waals surface area contributed by atoms with Crippen molar-refractivity contribution in [2.24, 2.45) is 0 Å². The van der Waals surface area contributed by atoms with Crippen molar-refractivity contribution in [3.8, 4) is 10.7 Å². The molecule has 4 nitrogen and oxygen atoms in total. The molecule has 0 aromatic carbocycles. The molecule has 2 aromatic rings. The van der Waals surface area contributed by atoms with E-state index in [0.717, 1.165) is 10.7 Å². The van der Waals surface area contributed by atoms with Crippen LogP contribution in [0.15, 0.2) is 23.8 Å². The Morgan fingerprint density at radius 2 is 2.20 bits per heavy atom. The molecule has 76 valence electrons. The van der Waals surface area contributed by atoms with E-state index in [0.29, 0.717) is 12.0 Å². The Hall–Kier alpha value is -1.49. The van der Waals surface area contributed by atoms with Crippen LogP contribution in [0.25, 0.3) is 10.7 Å². The minimum absolute atomic E-state index is 0.580. The number of aromatic nitrogens is 3. The number of nitrogens with zero attached hydrogens (tertiary/aromatic N) is 3. The Morgan fingerprint density at radius 3 is 2.93 bits per heavy atom. The van der Waals surface area contributed by atoms with Gasteiger partial charge in [-0.25, -0.2) is 15.0 Å². The molecule has 0 amide bonds. The third-order valence-corrected chi connectivity index (χ3v) is 3.01. The first-order chi connectivity index (χ1) is 7.42. The number of hydrogen-bond acceptors (Lipinski definition) is 5. The summed E-state index contributed by atoms with van der Waals surface area (Å²) in [5.41, 5.74) is 0.892. The first-order valence-electron chi connectivity index (χ1n) is 4.91. The molecule has 1 aliphatic rings. The first-order valence-corrected chi connectivity index (χ1v) is 5.79. The molecule has 0 aliphatic heterocycles. The van der Waals surface area contributed by atoms with Gasteiger partial charge in [0.05, 0.1) is 0 Å². The van der Waals surface area contributed by atoms with E-state index >= 15 is 0 Å². The van der Waals surface area contributed by atoms with Crippen molar-refractivity contribution >= 4 is 17.3 Å². The molecule has 1 fully saturated rings. The SMILES string of the molecule is c1cc(-c2nccs2)nc(NC2CC2)n1. The van der Waals surface area contributed by atoms with Gasteiger partial charge in [-0.1, -0.05) is 0 Å². The van der Waals surface area contributed by atoms with E-state index in [4.69, 9.17) is 0 Å². The van der Waals surface area contributed by atoms with Crippen molar-refractivity contribution < 1.29 is 0 Å². The fourth-order valence-electron chi connectivity index (χ4n) is 1.31. The lowest BCUT2D eigenvalue weighted by Gasteiger charge is -2.02. The predicted octanol–water partition coefficient (Wildman–Crippen LogP) is 2.17. The lowest BCUT2D eigenvalue weighted by atomic mass is 10.4. The van der Waals surface area contributed by atoms with Gasteiger partial charge in [0.2, 0.25) is 5.95 Å². The summed E-state index contributed by atoms with van der Waals surface area (Å²) in [7, 11) is 0. The van der Waals surface area contributed by atoms with Crippen molar-refractivity contribution in [1.29, 1.82) is 0 Å². The van der Waals surface area contributed by atoms with E-state index in [1.54, 1.807) is 23.7 Å². The summed E-state index contributed by atoms with van der Waals surface area (Å²) < 4.78 is 0. The van der Waals surface area contributed by atoms with Crippen LogP contribution in [0, 0.1) is 0 Å². The van der Waals surface area contributed by atoms with Gasteiger partial charge in [0.25, 0.3) is 0 Å². The highest BCUT2D eigenvalue weighted by molar-refractivity contribution is 7.13. The Bertz CT molecular complexity index is 450. The highest BCUT2D eigenvalue weighted by Crippen LogP contribution is 2.24. The van der Waals surface area contributed by atoms with Gasteiger partial charge in [-0.15, -0.1) is 11.3 Å². The molecular formula is C10H10N4S. The number of hydrogen-bond donors (Lipinski definition) is 1. The maximum atomic E-state index is 4.42. The summed E-state index contributed by atoms with van der Waals surface area (Å²) in [6, 6.07) is 2.47. The van der Waals surface area contributed by atoms with Crippen molar-refractivity contribution in [3.63, 3.8) is 0 Å². The van der Waals surface area contributed by atoms with Crippen LogP contribution in [0.5, 0.6) is 0 Å². The largest absolute Gasteiger partial charge is 0.351 e. The summed E-state index contributed by atoms with van der Waals surface area (Å²) in [4.78, 5) is 12.8. The average molecular weight is 218 g/mol. The standard InChI is InChI=1S/C10H10N4S/c1-2-7(1)13-10-12-4-3-8(14-10)9-11-5-6-15-9/h3-7H,1-2H2,(H,12,13,14). The monoisotopic (exact) mass is 218 g/mol. The van der Waals surface area contributed by atoms with Crippen LogP contribution in [0.1, 0.15) is 12.8 Å². The Morgan fingerprint density at radius 1 is 1.27 bits per heavy atom. The maximum Gasteiger partial charge on any atom is 0.223 e. The number of anilines is 1. The molecule has 2 aromatic heterocycles. The molecule has 0 bridgehead atoms. The zero-order valence-corrected chi connectivity index (χ0v) is 8.87. The number of thiazole rings is 1. The lowest BCUT2D eigenvalue weighted by Crippen LogP contribution is -2.05. The highest BCUT2D eigenvalue weighted by atomic mass is 32.1. The smallest absolute Gasteiger partial charge is 0.223 e. The molecule has 5 heteroatoms. The summed E-state index contributed by atoms with van der Waals surface area (Å²) in [5, 5.41) is 6.16. The number of rotatable bonds is 3. The fourth-order valence-corrected chi connectivity index (χ4v) is 1.91. The molecule has 3 rings (SSSR count). The minimum atomic E-state index is 0.580. The van der Waals surface area contributed by atoms with Crippen molar-refractivity contribution in [2.45, 2.75) is 18.9 Å². The third kappa shape index (κ3) is 1.97. The number of nitrogens with one attached hydrogen (secondary N) is 1. The molecule has 0 radical (unpaired) electrons. The highest BCUT2D eigenvalue weighted by Gasteiger charge is 2.21. The van der Waals surface area contributed by atoms with Crippen LogP contribution in [0.4, 0.5) is 5.95 Å². The predicted molar refractivity (Wildman–Crippen MR) is 59.8 cm³/mol. The summed E-state index contributed by atoms with van der Waals surface area (Å²) >= 11 is 1.59. The van der Waals surface area contributed by atoms with E-state index in [-0.39, 0.29) is 0 Å². The second kappa shape index (κ2) is 3.58. The molecule has 0 spiro atoms. The van der Waals surface area contributed by atoms with Crippen LogP contribution in [0.3, 0.4) is 0 Å². The van der Waals surface area contributed by atoms with Crippen molar-refractivity contribution in [2.75, 3.05) is 5.32 Å². The third-order valence-electron chi connectivity index (χ3n) is 2.22. The van der Waals surface area contributed by atoms with Crippen LogP contribution in [-0.4, -0.2) is 21.0 Å². The molecule has 1 saturated carbocycles. The van der Waals surface area contributed by atoms with E-state index < -0.39 is 0 Å². The Labute approximate surface area is 91.4 Å². The van der Waals surface area contributed by atoms with Gasteiger partial charge in [-0.05, 0) is 18.9 Å². The quantitative estimate of drug-likeness (QED) is 0.857. The zero-order chi connectivity index (χ0) is 10.1. The molecule has 1 aliphatic carbocycles. The summed E-state index contributed by atoms with van der Waals surface area (Å²) in [6.07, 6.45) is 6.01. The topological polar surface area (TPSA) is 50.7 Å². The van der Waals surface area contributed by atoms with E-state index in [2.05, 4.69) is 20.3 Å². The second-order valence-electron chi connectivity index (χ2n) is 3.52. The fraction of sp³-hybridized carbons (Fsp3) is 0.300. The zero-order valence-electron chi connectivity index (χ0n) is 8.05. The van der Waals surface area contributed by atoms with Crippen molar-refractivity contribution in [1.82, 2.24) is 15.0 Å². The lowest BCUT2D eigenvalue weighted by molar-refractivity contribution is 1.05. The van der Waals surface area contributed by atoms with Gasteiger partial charge in [-0.3, -0.25) is 0 Å². The van der Waals surface area contributed by atoms with Crippen LogP contribution in [-0.2, 0) is 0 Å². The molecular weight excluding hydrogens is 208 g/mol. The van der Waals surface area contributed by atoms with Gasteiger partial charge < -0.3 is 5.32 Å². The van der Waals surface area contributed by atoms with E-state index in [1.165, 1.54) is 12.8 Å². The van der Waals surface area contributed by atoms with Gasteiger partial charge in [0.1, 0.15) is 10.7 Å². The van der Waals surface area contributed by atoms with Crippen molar-refractivity contribution in [3.05, 3.63) is 23.8 Å². The average Bonchev–Trinajstić information content (AvgIpc) is 2.91. The van der Waals surface area contributed by atoms with Gasteiger partial charge >= 0.3 is 0 Å². The molecule has 15 heavy (non-hydrogen) atoms. The molecule has 0 unspecified atom stereocenters. The minimum Gasteiger partial charge on any atom is -0.351 e. The van der Waals surface area contributed by atoms with Gasteiger partial charge in [-0.2, -0.15) is 0 Å².